The van der Waals surface area contributed by atoms with Crippen molar-refractivity contribution in [2.75, 3.05) is 26.2 Å². The number of nitrogens with zero attached hydrogens (tertiary/aromatic N) is 3. The molecular weight excluding hydrogens is 292 g/mol. The molecule has 0 spiro atoms. The SMILES string of the molecule is CC(C)CNC(=O)CN1CC=C(c2noc(C3CCC3)n2)CC1. The van der Waals surface area contributed by atoms with E-state index in [1.54, 1.807) is 0 Å². The van der Waals surface area contributed by atoms with Crippen LogP contribution >= 0.6 is 0 Å². The molecule has 1 N–H and O–H groups in total. The van der Waals surface area contributed by atoms with E-state index in [-0.39, 0.29) is 5.91 Å². The molecule has 0 unspecified atom stereocenters. The third kappa shape index (κ3) is 4.19. The van der Waals surface area contributed by atoms with E-state index in [4.69, 9.17) is 4.52 Å². The molecule has 1 saturated carbocycles. The second-order valence-corrected chi connectivity index (χ2v) is 7.00. The van der Waals surface area contributed by atoms with Crippen LogP contribution in [0.3, 0.4) is 0 Å². The highest BCUT2D eigenvalue weighted by Gasteiger charge is 2.26. The van der Waals surface area contributed by atoms with Crippen molar-refractivity contribution < 1.29 is 9.32 Å². The monoisotopic (exact) mass is 318 g/mol. The second kappa shape index (κ2) is 7.25. The predicted molar refractivity (Wildman–Crippen MR) is 87.8 cm³/mol. The van der Waals surface area contributed by atoms with Crippen LogP contribution in [0.25, 0.3) is 5.57 Å². The lowest BCUT2D eigenvalue weighted by Gasteiger charge is -2.24. The van der Waals surface area contributed by atoms with Gasteiger partial charge in [-0.05, 0) is 30.8 Å². The maximum atomic E-state index is 11.9. The molecular formula is C17H26N4O2. The average molecular weight is 318 g/mol. The molecule has 6 nitrogen and oxygen atoms in total. The summed E-state index contributed by atoms with van der Waals surface area (Å²) in [4.78, 5) is 18.6. The molecule has 23 heavy (non-hydrogen) atoms. The summed E-state index contributed by atoms with van der Waals surface area (Å²) < 4.78 is 5.39. The molecule has 6 heteroatoms. The lowest BCUT2D eigenvalue weighted by Crippen LogP contribution is -2.40. The van der Waals surface area contributed by atoms with Crippen LogP contribution in [0.2, 0.25) is 0 Å². The number of aromatic nitrogens is 2. The van der Waals surface area contributed by atoms with Gasteiger partial charge in [0.25, 0.3) is 0 Å². The molecule has 1 aromatic rings. The van der Waals surface area contributed by atoms with Gasteiger partial charge in [-0.25, -0.2) is 0 Å². The van der Waals surface area contributed by atoms with Gasteiger partial charge in [0.1, 0.15) is 0 Å². The van der Waals surface area contributed by atoms with Crippen molar-refractivity contribution in [1.29, 1.82) is 0 Å². The molecule has 0 aromatic carbocycles. The molecule has 1 fully saturated rings. The fourth-order valence-corrected chi connectivity index (χ4v) is 2.82. The normalized spacial score (nSPS) is 19.5. The number of carbonyl (C=O) groups excluding carboxylic acids is 1. The molecule has 2 heterocycles. The minimum atomic E-state index is 0.0994. The Hall–Kier alpha value is -1.69. The van der Waals surface area contributed by atoms with Crippen LogP contribution in [-0.4, -0.2) is 47.1 Å². The Morgan fingerprint density at radius 1 is 1.48 bits per heavy atom. The van der Waals surface area contributed by atoms with Gasteiger partial charge in [-0.3, -0.25) is 9.69 Å². The molecule has 0 radical (unpaired) electrons. The maximum absolute atomic E-state index is 11.9. The Kier molecular flexibility index (Phi) is 5.10. The maximum Gasteiger partial charge on any atom is 0.234 e. The second-order valence-electron chi connectivity index (χ2n) is 7.00. The largest absolute Gasteiger partial charge is 0.355 e. The molecule has 0 saturated heterocycles. The standard InChI is InChI=1S/C17H26N4O2/c1-12(2)10-18-15(22)11-21-8-6-13(7-9-21)16-19-17(23-20-16)14-4-3-5-14/h6,12,14H,3-5,7-11H2,1-2H3,(H,18,22). The van der Waals surface area contributed by atoms with E-state index in [0.717, 1.165) is 43.3 Å². The van der Waals surface area contributed by atoms with E-state index < -0.39 is 0 Å². The summed E-state index contributed by atoms with van der Waals surface area (Å²) in [7, 11) is 0. The molecule has 0 bridgehead atoms. The van der Waals surface area contributed by atoms with Crippen molar-refractivity contribution in [3.8, 4) is 0 Å². The Morgan fingerprint density at radius 3 is 2.91 bits per heavy atom. The summed E-state index contributed by atoms with van der Waals surface area (Å²) in [5.41, 5.74) is 1.14. The predicted octanol–water partition coefficient (Wildman–Crippen LogP) is 2.20. The highest BCUT2D eigenvalue weighted by atomic mass is 16.5. The lowest BCUT2D eigenvalue weighted by molar-refractivity contribution is -0.122. The molecule has 0 atom stereocenters. The molecule has 3 rings (SSSR count). The van der Waals surface area contributed by atoms with Crippen molar-refractivity contribution in [3.05, 3.63) is 17.8 Å². The Morgan fingerprint density at radius 2 is 2.30 bits per heavy atom. The first-order valence-corrected chi connectivity index (χ1v) is 8.64. The molecule has 126 valence electrons. The molecule has 1 aromatic heterocycles. The van der Waals surface area contributed by atoms with Crippen LogP contribution < -0.4 is 5.32 Å². The van der Waals surface area contributed by atoms with Gasteiger partial charge in [0.2, 0.25) is 11.8 Å². The lowest BCUT2D eigenvalue weighted by atomic mass is 9.85. The fraction of sp³-hybridized carbons (Fsp3) is 0.706. The van der Waals surface area contributed by atoms with E-state index in [9.17, 15) is 4.79 Å². The third-order valence-electron chi connectivity index (χ3n) is 4.55. The van der Waals surface area contributed by atoms with E-state index >= 15 is 0 Å². The summed E-state index contributed by atoms with van der Waals surface area (Å²) in [5, 5.41) is 7.09. The van der Waals surface area contributed by atoms with Crippen LogP contribution in [0.1, 0.15) is 57.2 Å². The van der Waals surface area contributed by atoms with Crippen molar-refractivity contribution in [2.45, 2.75) is 45.4 Å². The van der Waals surface area contributed by atoms with Gasteiger partial charge >= 0.3 is 0 Å². The van der Waals surface area contributed by atoms with Crippen LogP contribution in [0, 0.1) is 5.92 Å². The Labute approximate surface area is 137 Å². The summed E-state index contributed by atoms with van der Waals surface area (Å²) in [5.74, 6) is 2.58. The van der Waals surface area contributed by atoms with Crippen molar-refractivity contribution >= 4 is 11.5 Å². The molecule has 2 aliphatic rings. The summed E-state index contributed by atoms with van der Waals surface area (Å²) in [6.07, 6.45) is 6.58. The van der Waals surface area contributed by atoms with Gasteiger partial charge < -0.3 is 9.84 Å². The van der Waals surface area contributed by atoms with Crippen LogP contribution in [-0.2, 0) is 4.79 Å². The highest BCUT2D eigenvalue weighted by molar-refractivity contribution is 5.78. The quantitative estimate of drug-likeness (QED) is 0.870. The van der Waals surface area contributed by atoms with Crippen LogP contribution in [0.5, 0.6) is 0 Å². The van der Waals surface area contributed by atoms with Crippen molar-refractivity contribution in [2.24, 2.45) is 5.92 Å². The number of hydrogen-bond acceptors (Lipinski definition) is 5. The van der Waals surface area contributed by atoms with Gasteiger partial charge in [-0.2, -0.15) is 4.98 Å². The number of amides is 1. The molecule has 1 aliphatic heterocycles. The highest BCUT2D eigenvalue weighted by Crippen LogP contribution is 2.35. The minimum absolute atomic E-state index is 0.0994. The minimum Gasteiger partial charge on any atom is -0.355 e. The van der Waals surface area contributed by atoms with E-state index in [0.29, 0.717) is 18.4 Å². The zero-order valence-corrected chi connectivity index (χ0v) is 14.0. The van der Waals surface area contributed by atoms with Crippen molar-refractivity contribution in [1.82, 2.24) is 20.4 Å². The Bertz CT molecular complexity index is 575. The topological polar surface area (TPSA) is 71.3 Å². The third-order valence-corrected chi connectivity index (χ3v) is 4.55. The van der Waals surface area contributed by atoms with Crippen LogP contribution in [0.15, 0.2) is 10.6 Å². The smallest absolute Gasteiger partial charge is 0.234 e. The van der Waals surface area contributed by atoms with E-state index in [1.165, 1.54) is 19.3 Å². The first-order valence-electron chi connectivity index (χ1n) is 8.64. The van der Waals surface area contributed by atoms with Gasteiger partial charge in [0.15, 0.2) is 5.82 Å². The summed E-state index contributed by atoms with van der Waals surface area (Å²) >= 11 is 0. The molecule has 1 amide bonds. The van der Waals surface area contributed by atoms with Gasteiger partial charge in [0, 0.05) is 25.6 Å². The first-order chi connectivity index (χ1) is 11.1. The van der Waals surface area contributed by atoms with Gasteiger partial charge in [-0.1, -0.05) is 31.5 Å². The zero-order valence-electron chi connectivity index (χ0n) is 14.0. The van der Waals surface area contributed by atoms with Crippen LogP contribution in [0.4, 0.5) is 0 Å². The number of hydrogen-bond donors (Lipinski definition) is 1. The summed E-state index contributed by atoms with van der Waals surface area (Å²) in [6.45, 7) is 7.00. The van der Waals surface area contributed by atoms with E-state index in [1.807, 2.05) is 0 Å². The van der Waals surface area contributed by atoms with Crippen molar-refractivity contribution in [3.63, 3.8) is 0 Å². The average Bonchev–Trinajstić information content (AvgIpc) is 2.93. The number of nitrogens with one attached hydrogen (secondary N) is 1. The fourth-order valence-electron chi connectivity index (χ4n) is 2.82. The van der Waals surface area contributed by atoms with E-state index in [2.05, 4.69) is 40.3 Å². The first kappa shape index (κ1) is 16.2. The van der Waals surface area contributed by atoms with Gasteiger partial charge in [-0.15, -0.1) is 0 Å². The van der Waals surface area contributed by atoms with Gasteiger partial charge in [0.05, 0.1) is 6.54 Å². The number of rotatable bonds is 6. The zero-order chi connectivity index (χ0) is 16.2. The number of carbonyl (C=O) groups is 1. The Balaban J connectivity index is 1.49. The molecule has 1 aliphatic carbocycles. The summed E-state index contributed by atoms with van der Waals surface area (Å²) in [6, 6.07) is 0.